The Hall–Kier alpha value is -7.24. The first kappa shape index (κ1) is 38.4. The zero-order chi connectivity index (χ0) is 43.3. The number of hydrogen-bond donors (Lipinski definition) is 1. The summed E-state index contributed by atoms with van der Waals surface area (Å²) < 4.78 is 9.28. The third kappa shape index (κ3) is 6.13. The van der Waals surface area contributed by atoms with Crippen molar-refractivity contribution in [2.24, 2.45) is 0 Å². The topological polar surface area (TPSA) is 33.3 Å². The Balaban J connectivity index is 1.24. The number of benzene rings is 8. The lowest BCUT2D eigenvalue weighted by Crippen LogP contribution is -2.37. The number of hydrogen-bond acceptors (Lipinski definition) is 3. The number of fused-ring (bicyclic) bond motifs is 7. The smallest absolute Gasteiger partial charge is 0.198 e. The summed E-state index contributed by atoms with van der Waals surface area (Å²) in [6.45, 7) is 11.9. The van der Waals surface area contributed by atoms with Crippen molar-refractivity contribution in [1.29, 1.82) is 0 Å². The Morgan fingerprint density at radius 2 is 1.25 bits per heavy atom. The average molecular weight is 827 g/mol. The van der Waals surface area contributed by atoms with Crippen molar-refractivity contribution in [3.8, 4) is 28.1 Å². The quantitative estimate of drug-likeness (QED) is 0.163. The molecule has 0 fully saturated rings. The number of rotatable bonds is 7. The molecule has 4 nitrogen and oxygen atoms in total. The van der Waals surface area contributed by atoms with Crippen LogP contribution in [0.3, 0.4) is 0 Å². The Bertz CT molecular complexity index is 3400. The molecule has 1 N–H and O–H groups in total. The van der Waals surface area contributed by atoms with Crippen LogP contribution in [0.1, 0.15) is 57.2 Å². The molecule has 2 aromatic heterocycles. The van der Waals surface area contributed by atoms with Crippen LogP contribution in [0.5, 0.6) is 0 Å². The van der Waals surface area contributed by atoms with Crippen LogP contribution in [-0.4, -0.2) is 11.8 Å². The van der Waals surface area contributed by atoms with Crippen LogP contribution < -0.4 is 21.1 Å². The molecule has 1 aliphatic carbocycles. The highest BCUT2D eigenvalue weighted by Gasteiger charge is 2.39. The van der Waals surface area contributed by atoms with E-state index in [4.69, 9.17) is 4.42 Å². The molecule has 3 heterocycles. The molecule has 12 rings (SSSR count). The van der Waals surface area contributed by atoms with E-state index in [0.29, 0.717) is 0 Å². The van der Waals surface area contributed by atoms with Crippen LogP contribution in [0.15, 0.2) is 180 Å². The summed E-state index contributed by atoms with van der Waals surface area (Å²) in [6, 6.07) is 64.1. The third-order valence-corrected chi connectivity index (χ3v) is 14.1. The van der Waals surface area contributed by atoms with Gasteiger partial charge in [0, 0.05) is 55.7 Å². The van der Waals surface area contributed by atoms with Gasteiger partial charge >= 0.3 is 0 Å². The van der Waals surface area contributed by atoms with Crippen LogP contribution >= 0.6 is 0 Å². The van der Waals surface area contributed by atoms with Crippen LogP contribution in [0.2, 0.25) is 0 Å². The number of nitrogens with one attached hydrogen (secondary N) is 1. The lowest BCUT2D eigenvalue weighted by Gasteiger charge is -2.42. The predicted molar refractivity (Wildman–Crippen MR) is 271 cm³/mol. The highest BCUT2D eigenvalue weighted by molar-refractivity contribution is 6.74. The molecule has 0 bridgehead atoms. The van der Waals surface area contributed by atoms with Crippen LogP contribution in [0.25, 0.3) is 60.9 Å². The summed E-state index contributed by atoms with van der Waals surface area (Å²) >= 11 is 0. The molecule has 64 heavy (non-hydrogen) atoms. The van der Waals surface area contributed by atoms with Crippen LogP contribution in [0.4, 0.5) is 28.4 Å². The van der Waals surface area contributed by atoms with E-state index in [2.05, 4.69) is 233 Å². The number of furan rings is 1. The first-order valence-electron chi connectivity index (χ1n) is 22.6. The highest BCUT2D eigenvalue weighted by atomic mass is 16.3. The fraction of sp³-hybridized carbons (Fsp3) is 0.153. The van der Waals surface area contributed by atoms with Crippen molar-refractivity contribution in [3.05, 3.63) is 193 Å². The van der Waals surface area contributed by atoms with E-state index in [1.54, 1.807) is 0 Å². The van der Waals surface area contributed by atoms with Crippen LogP contribution in [-0.2, 0) is 10.8 Å². The van der Waals surface area contributed by atoms with Crippen molar-refractivity contribution < 1.29 is 4.42 Å². The van der Waals surface area contributed by atoms with Crippen molar-refractivity contribution >= 4 is 79.4 Å². The molecule has 1 radical (unpaired) electrons. The summed E-state index contributed by atoms with van der Waals surface area (Å²) in [7, 11) is 2.42. The summed E-state index contributed by atoms with van der Waals surface area (Å²) in [5.41, 5.74) is 19.8. The SMILES string of the molecule is Cc1ccc(Nc2ccccc2-c2cc(N(c3ccccc3)c3ccccc3)c3c4cc5c(cc4n4c3c2[B]c2cc3oc(-c6ccccc6)cc3cc2-4)C(C)(C)CCC5(C)C)cc1. The lowest BCUT2D eigenvalue weighted by molar-refractivity contribution is 0.332. The molecule has 0 saturated carbocycles. The number of aryl methyl sites for hydroxylation is 1. The van der Waals surface area contributed by atoms with Gasteiger partial charge in [0.25, 0.3) is 0 Å². The predicted octanol–water partition coefficient (Wildman–Crippen LogP) is 14.7. The second-order valence-electron chi connectivity index (χ2n) is 19.2. The summed E-state index contributed by atoms with van der Waals surface area (Å²) in [4.78, 5) is 2.47. The summed E-state index contributed by atoms with van der Waals surface area (Å²) in [5, 5.41) is 7.43. The minimum Gasteiger partial charge on any atom is -0.456 e. The molecule has 10 aromatic rings. The van der Waals surface area contributed by atoms with Gasteiger partial charge < -0.3 is 19.2 Å². The van der Waals surface area contributed by atoms with Crippen molar-refractivity contribution in [2.45, 2.75) is 58.3 Å². The molecular formula is C59H49BN3O. The highest BCUT2D eigenvalue weighted by Crippen LogP contribution is 2.52. The van der Waals surface area contributed by atoms with Gasteiger partial charge in [-0.05, 0) is 132 Å². The number of nitrogens with zero attached hydrogens (tertiary/aromatic N) is 2. The van der Waals surface area contributed by atoms with E-state index in [9.17, 15) is 0 Å². The van der Waals surface area contributed by atoms with E-state index < -0.39 is 0 Å². The molecule has 0 amide bonds. The Kier molecular flexibility index (Phi) is 8.65. The molecule has 0 unspecified atom stereocenters. The third-order valence-electron chi connectivity index (χ3n) is 14.1. The molecule has 5 heteroatoms. The standard InChI is InChI=1S/C59H49BN3O/c1-37-25-27-40(28-26-37)61-49-24-16-15-23-43(49)44-34-52(62(41-19-11-7-12-20-41)42-21-13-8-14-22-42)55-45-33-46-47(59(4,5)30-29-58(46,2)3)35-50(45)63-51-31-39-32-53(38-17-9-6-10-18-38)64-54(39)36-48(51)60-56(44)57(55)63/h6-28,31-36,61H,29-30H2,1-5H3. The first-order chi connectivity index (χ1) is 31.1. The maximum absolute atomic E-state index is 6.69. The van der Waals surface area contributed by atoms with Gasteiger partial charge in [0.15, 0.2) is 7.28 Å². The average Bonchev–Trinajstić information content (AvgIpc) is 3.89. The molecule has 1 aliphatic heterocycles. The number of aromatic nitrogens is 1. The molecule has 0 spiro atoms. The summed E-state index contributed by atoms with van der Waals surface area (Å²) in [6.07, 6.45) is 2.28. The van der Waals surface area contributed by atoms with Gasteiger partial charge in [-0.3, -0.25) is 0 Å². The molecule has 8 aromatic carbocycles. The molecule has 0 atom stereocenters. The Labute approximate surface area is 376 Å². The maximum Gasteiger partial charge on any atom is 0.198 e. The minimum atomic E-state index is 0.0238. The second-order valence-corrected chi connectivity index (χ2v) is 19.2. The number of para-hydroxylation sites is 3. The zero-order valence-electron chi connectivity index (χ0n) is 37.0. The van der Waals surface area contributed by atoms with Gasteiger partial charge in [-0.25, -0.2) is 0 Å². The van der Waals surface area contributed by atoms with E-state index in [-0.39, 0.29) is 10.8 Å². The van der Waals surface area contributed by atoms with Gasteiger partial charge in [-0.2, -0.15) is 0 Å². The lowest BCUT2D eigenvalue weighted by atomic mass is 9.59. The normalized spacial score (nSPS) is 14.6. The van der Waals surface area contributed by atoms with Gasteiger partial charge in [-0.15, -0.1) is 0 Å². The maximum atomic E-state index is 6.69. The van der Waals surface area contributed by atoms with E-state index in [1.807, 2.05) is 0 Å². The van der Waals surface area contributed by atoms with Gasteiger partial charge in [-0.1, -0.05) is 136 Å². The van der Waals surface area contributed by atoms with Crippen molar-refractivity contribution in [1.82, 2.24) is 4.57 Å². The van der Waals surface area contributed by atoms with Crippen molar-refractivity contribution in [2.75, 3.05) is 10.2 Å². The monoisotopic (exact) mass is 826 g/mol. The molecule has 309 valence electrons. The van der Waals surface area contributed by atoms with E-state index in [1.165, 1.54) is 44.0 Å². The van der Waals surface area contributed by atoms with Gasteiger partial charge in [0.05, 0.1) is 16.7 Å². The fourth-order valence-electron chi connectivity index (χ4n) is 10.6. The van der Waals surface area contributed by atoms with Gasteiger partial charge in [0.2, 0.25) is 0 Å². The van der Waals surface area contributed by atoms with E-state index >= 15 is 0 Å². The Morgan fingerprint density at radius 1 is 0.625 bits per heavy atom. The zero-order valence-corrected chi connectivity index (χ0v) is 37.0. The second kappa shape index (κ2) is 14.4. The van der Waals surface area contributed by atoms with Crippen LogP contribution in [0, 0.1) is 6.92 Å². The fourth-order valence-corrected chi connectivity index (χ4v) is 10.6. The number of anilines is 5. The largest absolute Gasteiger partial charge is 0.456 e. The first-order valence-corrected chi connectivity index (χ1v) is 22.6. The van der Waals surface area contributed by atoms with Crippen molar-refractivity contribution in [3.63, 3.8) is 0 Å². The Morgan fingerprint density at radius 3 is 1.94 bits per heavy atom. The summed E-state index contributed by atoms with van der Waals surface area (Å²) in [5.74, 6) is 0.872. The molecular weight excluding hydrogens is 777 g/mol. The minimum absolute atomic E-state index is 0.0238. The van der Waals surface area contributed by atoms with E-state index in [0.717, 1.165) is 85.8 Å². The van der Waals surface area contributed by atoms with Gasteiger partial charge in [0.1, 0.15) is 11.3 Å². The molecule has 0 saturated heterocycles. The molecule has 2 aliphatic rings.